The van der Waals surface area contributed by atoms with Crippen LogP contribution in [0.25, 0.3) is 0 Å². The number of aliphatic carboxylic acids is 1. The van der Waals surface area contributed by atoms with Crippen molar-refractivity contribution in [1.29, 1.82) is 0 Å². The molecule has 0 radical (unpaired) electrons. The number of carbonyl (C=O) groups is 1. The highest BCUT2D eigenvalue weighted by atomic mass is 19.4. The highest BCUT2D eigenvalue weighted by Gasteiger charge is 2.32. The molecular formula is C13H15F4NO2. The first kappa shape index (κ1) is 16.4. The summed E-state index contributed by atoms with van der Waals surface area (Å²) in [7, 11) is 0. The van der Waals surface area contributed by atoms with Crippen LogP contribution in [-0.4, -0.2) is 23.8 Å². The van der Waals surface area contributed by atoms with E-state index in [1.54, 1.807) is 0 Å². The van der Waals surface area contributed by atoms with Crippen LogP contribution in [0.5, 0.6) is 0 Å². The molecule has 0 saturated heterocycles. The quantitative estimate of drug-likeness (QED) is 0.599. The van der Waals surface area contributed by atoms with Gasteiger partial charge in [0.25, 0.3) is 0 Å². The molecule has 0 aliphatic carbocycles. The summed E-state index contributed by atoms with van der Waals surface area (Å²) >= 11 is 0. The Kier molecular flexibility index (Phi) is 5.94. The third-order valence-corrected chi connectivity index (χ3v) is 2.67. The van der Waals surface area contributed by atoms with Crippen molar-refractivity contribution in [2.75, 3.05) is 6.54 Å². The molecule has 0 heterocycles. The first-order valence-corrected chi connectivity index (χ1v) is 6.05. The molecular weight excluding hydrogens is 278 g/mol. The van der Waals surface area contributed by atoms with Crippen molar-refractivity contribution in [3.63, 3.8) is 0 Å². The van der Waals surface area contributed by atoms with Crippen molar-refractivity contribution in [2.24, 2.45) is 0 Å². The van der Waals surface area contributed by atoms with E-state index in [-0.39, 0.29) is 19.4 Å². The molecule has 0 fully saturated rings. The summed E-state index contributed by atoms with van der Waals surface area (Å²) in [6, 6.07) is 3.76. The Labute approximate surface area is 113 Å². The van der Waals surface area contributed by atoms with E-state index in [1.807, 2.05) is 0 Å². The smallest absolute Gasteiger partial charge is 0.390 e. The first-order valence-electron chi connectivity index (χ1n) is 6.05. The van der Waals surface area contributed by atoms with Gasteiger partial charge in [-0.2, -0.15) is 13.2 Å². The summed E-state index contributed by atoms with van der Waals surface area (Å²) in [5.74, 6) is -1.52. The fourth-order valence-electron chi connectivity index (χ4n) is 1.75. The lowest BCUT2D eigenvalue weighted by Gasteiger charge is -2.20. The van der Waals surface area contributed by atoms with Gasteiger partial charge >= 0.3 is 12.1 Å². The van der Waals surface area contributed by atoms with Gasteiger partial charge in [0.2, 0.25) is 0 Å². The van der Waals surface area contributed by atoms with Gasteiger partial charge in [-0.3, -0.25) is 4.79 Å². The van der Waals surface area contributed by atoms with E-state index in [0.717, 1.165) is 12.1 Å². The zero-order valence-corrected chi connectivity index (χ0v) is 10.6. The van der Waals surface area contributed by atoms with Crippen LogP contribution in [-0.2, 0) is 4.79 Å². The number of carboxylic acids is 1. The Morgan fingerprint density at radius 1 is 1.25 bits per heavy atom. The van der Waals surface area contributed by atoms with Gasteiger partial charge in [-0.25, -0.2) is 4.39 Å². The van der Waals surface area contributed by atoms with Crippen LogP contribution >= 0.6 is 0 Å². The van der Waals surface area contributed by atoms with Crippen molar-refractivity contribution >= 4 is 5.97 Å². The minimum atomic E-state index is -4.36. The molecule has 0 spiro atoms. The first-order chi connectivity index (χ1) is 9.28. The Morgan fingerprint density at radius 2 is 1.85 bits per heavy atom. The van der Waals surface area contributed by atoms with Crippen LogP contribution in [0.1, 0.15) is 30.9 Å². The van der Waals surface area contributed by atoms with E-state index in [9.17, 15) is 22.4 Å². The predicted octanol–water partition coefficient (Wildman–Crippen LogP) is 3.27. The van der Waals surface area contributed by atoms with Gasteiger partial charge < -0.3 is 10.4 Å². The molecule has 112 valence electrons. The highest BCUT2D eigenvalue weighted by Crippen LogP contribution is 2.29. The van der Waals surface area contributed by atoms with Crippen molar-refractivity contribution in [2.45, 2.75) is 31.5 Å². The molecule has 1 rings (SSSR count). The van der Waals surface area contributed by atoms with Crippen LogP contribution in [0.2, 0.25) is 0 Å². The molecule has 20 heavy (non-hydrogen) atoms. The summed E-state index contributed by atoms with van der Waals surface area (Å²) in [5, 5.41) is 11.1. The topological polar surface area (TPSA) is 49.3 Å². The summed E-state index contributed by atoms with van der Waals surface area (Å²) in [6.45, 7) is 0.143. The maximum atomic E-state index is 12.8. The molecule has 1 atom stereocenters. The highest BCUT2D eigenvalue weighted by molar-refractivity contribution is 5.66. The molecule has 0 aromatic heterocycles. The van der Waals surface area contributed by atoms with Gasteiger partial charge in [-0.15, -0.1) is 0 Å². The SMILES string of the molecule is O=C(O)CCCNC(CC(F)(F)F)c1ccc(F)cc1. The van der Waals surface area contributed by atoms with E-state index in [4.69, 9.17) is 5.11 Å². The van der Waals surface area contributed by atoms with Crippen molar-refractivity contribution < 1.29 is 27.5 Å². The third-order valence-electron chi connectivity index (χ3n) is 2.67. The standard InChI is InChI=1S/C13H15F4NO2/c14-10-5-3-9(4-6-10)11(8-13(15,16)17)18-7-1-2-12(19)20/h3-6,11,18H,1-2,7-8H2,(H,19,20). The Bertz CT molecular complexity index is 431. The molecule has 0 amide bonds. The Balaban J connectivity index is 2.65. The van der Waals surface area contributed by atoms with Crippen LogP contribution in [0.3, 0.4) is 0 Å². The van der Waals surface area contributed by atoms with Gasteiger partial charge in [0, 0.05) is 12.5 Å². The molecule has 3 nitrogen and oxygen atoms in total. The van der Waals surface area contributed by atoms with Gasteiger partial charge in [0.15, 0.2) is 0 Å². The summed E-state index contributed by atoms with van der Waals surface area (Å²) in [5.41, 5.74) is 0.319. The number of halogens is 4. The summed E-state index contributed by atoms with van der Waals surface area (Å²) in [6.07, 6.45) is -5.34. The zero-order chi connectivity index (χ0) is 15.2. The van der Waals surface area contributed by atoms with Gasteiger partial charge in [-0.05, 0) is 30.7 Å². The second-order valence-corrected chi connectivity index (χ2v) is 4.37. The van der Waals surface area contributed by atoms with Gasteiger partial charge in [0.1, 0.15) is 5.82 Å². The molecule has 1 unspecified atom stereocenters. The molecule has 0 bridgehead atoms. The van der Waals surface area contributed by atoms with E-state index in [0.29, 0.717) is 5.56 Å². The number of nitrogens with one attached hydrogen (secondary N) is 1. The fourth-order valence-corrected chi connectivity index (χ4v) is 1.75. The maximum absolute atomic E-state index is 12.8. The number of rotatable bonds is 7. The normalized spacial score (nSPS) is 13.2. The molecule has 1 aromatic carbocycles. The second-order valence-electron chi connectivity index (χ2n) is 4.37. The summed E-state index contributed by atoms with van der Waals surface area (Å²) < 4.78 is 50.3. The fraction of sp³-hybridized carbons (Fsp3) is 0.462. The predicted molar refractivity (Wildman–Crippen MR) is 64.7 cm³/mol. The van der Waals surface area contributed by atoms with E-state index < -0.39 is 30.4 Å². The number of alkyl halides is 3. The summed E-state index contributed by atoms with van der Waals surface area (Å²) in [4.78, 5) is 10.3. The van der Waals surface area contributed by atoms with E-state index >= 15 is 0 Å². The molecule has 2 N–H and O–H groups in total. The van der Waals surface area contributed by atoms with Crippen LogP contribution in [0.4, 0.5) is 17.6 Å². The lowest BCUT2D eigenvalue weighted by atomic mass is 10.0. The van der Waals surface area contributed by atoms with Crippen molar-refractivity contribution in [3.05, 3.63) is 35.6 Å². The number of benzene rings is 1. The minimum absolute atomic E-state index is 0.116. The lowest BCUT2D eigenvalue weighted by molar-refractivity contribution is -0.141. The zero-order valence-electron chi connectivity index (χ0n) is 10.6. The van der Waals surface area contributed by atoms with E-state index in [2.05, 4.69) is 5.32 Å². The van der Waals surface area contributed by atoms with Gasteiger partial charge in [-0.1, -0.05) is 12.1 Å². The van der Waals surface area contributed by atoms with Crippen LogP contribution < -0.4 is 5.32 Å². The van der Waals surface area contributed by atoms with Crippen molar-refractivity contribution in [1.82, 2.24) is 5.32 Å². The Morgan fingerprint density at radius 3 is 2.35 bits per heavy atom. The van der Waals surface area contributed by atoms with Crippen LogP contribution in [0, 0.1) is 5.82 Å². The molecule has 7 heteroatoms. The number of hydrogen-bond donors (Lipinski definition) is 2. The Hall–Kier alpha value is -1.63. The number of carboxylic acid groups (broad SMARTS) is 1. The average molecular weight is 293 g/mol. The second kappa shape index (κ2) is 7.23. The third kappa shape index (κ3) is 6.51. The molecule has 1 aromatic rings. The van der Waals surface area contributed by atoms with E-state index in [1.165, 1.54) is 12.1 Å². The van der Waals surface area contributed by atoms with Crippen LogP contribution in [0.15, 0.2) is 24.3 Å². The largest absolute Gasteiger partial charge is 0.481 e. The molecule has 0 aliphatic rings. The monoisotopic (exact) mass is 293 g/mol. The average Bonchev–Trinajstić information content (AvgIpc) is 2.32. The van der Waals surface area contributed by atoms with Crippen molar-refractivity contribution in [3.8, 4) is 0 Å². The molecule has 0 aliphatic heterocycles. The minimum Gasteiger partial charge on any atom is -0.481 e. The lowest BCUT2D eigenvalue weighted by Crippen LogP contribution is -2.27. The van der Waals surface area contributed by atoms with Gasteiger partial charge in [0.05, 0.1) is 6.42 Å². The number of hydrogen-bond acceptors (Lipinski definition) is 2. The maximum Gasteiger partial charge on any atom is 0.390 e. The molecule has 0 saturated carbocycles.